The fraction of sp³-hybridized carbons (Fsp3) is 0.591. The van der Waals surface area contributed by atoms with Crippen LogP contribution in [0.5, 0.6) is 11.6 Å². The quantitative estimate of drug-likeness (QED) is 0.228. The van der Waals surface area contributed by atoms with Crippen LogP contribution in [0.2, 0.25) is 0 Å². The molecule has 222 valence electrons. The number of carbonyl (C=O) groups excluding carboxylic acids is 1. The smallest absolute Gasteiger partial charge is 0.265 e. The number of rotatable bonds is 13. The fourth-order valence-electron chi connectivity index (χ4n) is 4.47. The van der Waals surface area contributed by atoms with Crippen LogP contribution in [0.15, 0.2) is 17.1 Å². The molecule has 1 aliphatic rings. The summed E-state index contributed by atoms with van der Waals surface area (Å²) in [5.41, 5.74) is -0.148. The topological polar surface area (TPSA) is 227 Å². The van der Waals surface area contributed by atoms with Crippen molar-refractivity contribution in [1.82, 2.24) is 19.9 Å². The standard InChI is InChI=1S/C22H30N4O10S4/c1-12-24-15(10-17(28)25-12)19(37-6-8-39(30,31)32)13-4-3-5-14(18(13)29)20(38-7-9-40(33,34)35)21-23-11-16(27)22(26-21)36-2/h10-11,13-14,19-20,27H,3-9H2,1-2H3,(H,24,25,28)(H,30,31,32)(H,33,34,35). The van der Waals surface area contributed by atoms with E-state index in [0.29, 0.717) is 30.8 Å². The van der Waals surface area contributed by atoms with Crippen molar-refractivity contribution < 1.29 is 40.6 Å². The molecule has 4 atom stereocenters. The number of thioether (sulfide) groups is 2. The van der Waals surface area contributed by atoms with Gasteiger partial charge in [-0.1, -0.05) is 6.42 Å². The first-order valence-corrected chi connectivity index (χ1v) is 17.3. The lowest BCUT2D eigenvalue weighted by molar-refractivity contribution is -0.129. The molecule has 0 amide bonds. The highest BCUT2D eigenvalue weighted by molar-refractivity contribution is 8.00. The second kappa shape index (κ2) is 13.6. The number of carbonyl (C=O) groups is 1. The van der Waals surface area contributed by atoms with Crippen LogP contribution >= 0.6 is 23.5 Å². The van der Waals surface area contributed by atoms with Gasteiger partial charge in [-0.25, -0.2) is 9.97 Å². The highest BCUT2D eigenvalue weighted by Crippen LogP contribution is 2.48. The maximum Gasteiger partial charge on any atom is 0.265 e. The Morgan fingerprint density at radius 3 is 2.15 bits per heavy atom. The van der Waals surface area contributed by atoms with E-state index in [1.807, 2.05) is 0 Å². The number of aromatic amines is 1. The minimum atomic E-state index is -4.28. The van der Waals surface area contributed by atoms with Gasteiger partial charge in [-0.3, -0.25) is 18.7 Å². The summed E-state index contributed by atoms with van der Waals surface area (Å²) in [4.78, 5) is 41.6. The Kier molecular flexibility index (Phi) is 11.0. The van der Waals surface area contributed by atoms with E-state index in [2.05, 4.69) is 19.9 Å². The van der Waals surface area contributed by atoms with Gasteiger partial charge < -0.3 is 14.8 Å². The van der Waals surface area contributed by atoms with Crippen LogP contribution in [-0.4, -0.2) is 86.9 Å². The van der Waals surface area contributed by atoms with Gasteiger partial charge in [0.25, 0.3) is 31.7 Å². The highest BCUT2D eigenvalue weighted by atomic mass is 32.2. The number of ether oxygens (including phenoxy) is 1. The van der Waals surface area contributed by atoms with Crippen LogP contribution in [0.1, 0.15) is 47.1 Å². The van der Waals surface area contributed by atoms with E-state index in [4.69, 9.17) is 4.74 Å². The molecule has 14 nitrogen and oxygen atoms in total. The molecule has 0 aliphatic heterocycles. The molecule has 0 bridgehead atoms. The first-order valence-electron chi connectivity index (χ1n) is 12.0. The van der Waals surface area contributed by atoms with E-state index in [0.717, 1.165) is 29.7 Å². The zero-order valence-corrected chi connectivity index (χ0v) is 24.9. The molecule has 1 saturated carbocycles. The predicted molar refractivity (Wildman–Crippen MR) is 149 cm³/mol. The number of ketones is 1. The summed E-state index contributed by atoms with van der Waals surface area (Å²) in [7, 11) is -7.26. The lowest BCUT2D eigenvalue weighted by Gasteiger charge is -2.35. The van der Waals surface area contributed by atoms with E-state index in [9.17, 15) is 40.6 Å². The summed E-state index contributed by atoms with van der Waals surface area (Å²) in [6.45, 7) is 1.58. The van der Waals surface area contributed by atoms with Crippen LogP contribution in [-0.2, 0) is 25.0 Å². The van der Waals surface area contributed by atoms with Crippen LogP contribution < -0.4 is 10.3 Å². The molecule has 2 heterocycles. The Balaban J connectivity index is 1.99. The van der Waals surface area contributed by atoms with Gasteiger partial charge in [0.15, 0.2) is 5.75 Å². The van der Waals surface area contributed by atoms with Crippen molar-refractivity contribution in [2.45, 2.75) is 36.7 Å². The summed E-state index contributed by atoms with van der Waals surface area (Å²) in [5.74, 6) is -2.97. The number of aryl methyl sites for hydroxylation is 1. The number of methoxy groups -OCH3 is 1. The Morgan fingerprint density at radius 1 is 1.02 bits per heavy atom. The molecule has 0 saturated heterocycles. The first kappa shape index (κ1) is 32.3. The van der Waals surface area contributed by atoms with Crippen molar-refractivity contribution in [1.29, 1.82) is 0 Å². The van der Waals surface area contributed by atoms with Gasteiger partial charge in [-0.15, -0.1) is 11.8 Å². The molecule has 1 aliphatic carbocycles. The molecule has 40 heavy (non-hydrogen) atoms. The maximum absolute atomic E-state index is 14.1. The second-order valence-electron chi connectivity index (χ2n) is 9.08. The van der Waals surface area contributed by atoms with Gasteiger partial charge in [0, 0.05) is 29.4 Å². The summed E-state index contributed by atoms with van der Waals surface area (Å²) in [5, 5.41) is 8.47. The molecule has 4 N–H and O–H groups in total. The van der Waals surface area contributed by atoms with E-state index in [1.54, 1.807) is 6.92 Å². The van der Waals surface area contributed by atoms with Crippen molar-refractivity contribution >= 4 is 49.5 Å². The first-order chi connectivity index (χ1) is 18.7. The third-order valence-corrected chi connectivity index (χ3v) is 10.8. The summed E-state index contributed by atoms with van der Waals surface area (Å²) < 4.78 is 68.9. The third kappa shape index (κ3) is 9.13. The summed E-state index contributed by atoms with van der Waals surface area (Å²) in [6.07, 6.45) is 2.48. The van der Waals surface area contributed by atoms with Gasteiger partial charge >= 0.3 is 0 Å². The second-order valence-corrected chi connectivity index (χ2v) is 14.7. The van der Waals surface area contributed by atoms with Crippen molar-refractivity contribution in [3.63, 3.8) is 0 Å². The molecule has 1 fully saturated rings. The van der Waals surface area contributed by atoms with E-state index in [1.165, 1.54) is 13.2 Å². The van der Waals surface area contributed by atoms with Crippen molar-refractivity contribution in [3.8, 4) is 11.6 Å². The number of hydrogen-bond acceptors (Lipinski definition) is 13. The molecule has 0 aromatic carbocycles. The number of H-pyrrole nitrogens is 1. The monoisotopic (exact) mass is 638 g/mol. The Morgan fingerprint density at radius 2 is 1.60 bits per heavy atom. The number of hydrogen-bond donors (Lipinski definition) is 4. The maximum atomic E-state index is 14.1. The molecular formula is C22H30N4O10S4. The average molecular weight is 639 g/mol. The minimum Gasteiger partial charge on any atom is -0.502 e. The summed E-state index contributed by atoms with van der Waals surface area (Å²) in [6, 6.07) is 1.25. The third-order valence-electron chi connectivity index (χ3n) is 6.14. The normalized spacial score (nSPS) is 19.8. The van der Waals surface area contributed by atoms with Gasteiger partial charge in [-0.2, -0.15) is 33.6 Å². The Bertz CT molecular complexity index is 1480. The van der Waals surface area contributed by atoms with E-state index < -0.39 is 59.6 Å². The zero-order chi connectivity index (χ0) is 29.7. The van der Waals surface area contributed by atoms with Gasteiger partial charge in [0.2, 0.25) is 0 Å². The van der Waals surface area contributed by atoms with Crippen molar-refractivity contribution in [2.24, 2.45) is 11.8 Å². The highest BCUT2D eigenvalue weighted by Gasteiger charge is 2.43. The van der Waals surface area contributed by atoms with Crippen LogP contribution in [0.4, 0.5) is 0 Å². The Hall–Kier alpha value is -2.25. The molecule has 2 aromatic rings. The van der Waals surface area contributed by atoms with Crippen molar-refractivity contribution in [3.05, 3.63) is 40.0 Å². The number of Topliss-reactive ketones (excluding diaryl/α,β-unsaturated/α-hetero) is 1. The molecule has 3 rings (SSSR count). The summed E-state index contributed by atoms with van der Waals surface area (Å²) >= 11 is 2.15. The number of aromatic nitrogens is 4. The van der Waals surface area contributed by atoms with Crippen LogP contribution in [0.3, 0.4) is 0 Å². The van der Waals surface area contributed by atoms with Gasteiger partial charge in [0.1, 0.15) is 17.4 Å². The zero-order valence-electron chi connectivity index (χ0n) is 21.6. The van der Waals surface area contributed by atoms with Crippen LogP contribution in [0, 0.1) is 18.8 Å². The molecule has 0 spiro atoms. The SMILES string of the molecule is COc1nc(C(SCCS(=O)(=O)O)C2CCCC(C(SCCS(=O)(=O)O)c3cc(=O)[nH]c(C)n3)C2=O)ncc1O. The molecule has 18 heteroatoms. The van der Waals surface area contributed by atoms with E-state index >= 15 is 0 Å². The van der Waals surface area contributed by atoms with Crippen molar-refractivity contribution in [2.75, 3.05) is 30.1 Å². The number of nitrogens with one attached hydrogen (secondary N) is 1. The molecular weight excluding hydrogens is 609 g/mol. The minimum absolute atomic E-state index is 0.0592. The van der Waals surface area contributed by atoms with Crippen LogP contribution in [0.25, 0.3) is 0 Å². The van der Waals surface area contributed by atoms with Gasteiger partial charge in [0.05, 0.1) is 41.0 Å². The van der Waals surface area contributed by atoms with Gasteiger partial charge in [-0.05, 0) is 19.8 Å². The van der Waals surface area contributed by atoms with E-state index in [-0.39, 0.29) is 34.7 Å². The predicted octanol–water partition coefficient (Wildman–Crippen LogP) is 1.59. The lowest BCUT2D eigenvalue weighted by atomic mass is 9.76. The average Bonchev–Trinajstić information content (AvgIpc) is 2.84. The lowest BCUT2D eigenvalue weighted by Crippen LogP contribution is -2.36. The number of aromatic hydroxyl groups is 1. The fourth-order valence-corrected chi connectivity index (χ4v) is 8.99. The molecule has 2 aromatic heterocycles. The molecule has 0 radical (unpaired) electrons. The number of nitrogens with zero attached hydrogens (tertiary/aromatic N) is 3. The molecule has 4 unspecified atom stereocenters. The largest absolute Gasteiger partial charge is 0.502 e. The Labute approximate surface area is 239 Å².